The van der Waals surface area contributed by atoms with Gasteiger partial charge in [-0.25, -0.2) is 8.42 Å². The molecule has 1 fully saturated rings. The Labute approximate surface area is 181 Å². The summed E-state index contributed by atoms with van der Waals surface area (Å²) in [5, 5.41) is 4.49. The van der Waals surface area contributed by atoms with Crippen LogP contribution in [-0.2, 0) is 16.2 Å². The number of benzene rings is 2. The molecule has 2 aromatic carbocycles. The number of sulfonamides is 1. The van der Waals surface area contributed by atoms with Crippen molar-refractivity contribution in [3.8, 4) is 11.4 Å². The average Bonchev–Trinajstić information content (AvgIpc) is 3.24. The van der Waals surface area contributed by atoms with Crippen LogP contribution in [0.25, 0.3) is 11.4 Å². The number of nitrogens with zero attached hydrogens (tertiary/aromatic N) is 3. The van der Waals surface area contributed by atoms with E-state index in [4.69, 9.17) is 16.1 Å². The smallest absolute Gasteiger partial charge is 0.339 e. The number of alkyl halides is 3. The van der Waals surface area contributed by atoms with Crippen LogP contribution in [0.5, 0.6) is 0 Å². The normalized spacial score (nSPS) is 18.3. The summed E-state index contributed by atoms with van der Waals surface area (Å²) in [7, 11) is -4.36. The Hall–Kier alpha value is -2.43. The minimum Gasteiger partial charge on any atom is -0.339 e. The van der Waals surface area contributed by atoms with Gasteiger partial charge < -0.3 is 4.52 Å². The number of halogens is 4. The molecule has 0 bridgehead atoms. The molecule has 1 aromatic heterocycles. The fraction of sp³-hybridized carbons (Fsp3) is 0.300. The predicted molar refractivity (Wildman–Crippen MR) is 107 cm³/mol. The van der Waals surface area contributed by atoms with Gasteiger partial charge in [0.05, 0.1) is 16.4 Å². The second-order valence-corrected chi connectivity index (χ2v) is 9.50. The predicted octanol–water partition coefficient (Wildman–Crippen LogP) is 4.98. The van der Waals surface area contributed by atoms with Gasteiger partial charge in [0.2, 0.25) is 21.7 Å². The maximum absolute atomic E-state index is 13.4. The van der Waals surface area contributed by atoms with E-state index >= 15 is 0 Å². The van der Waals surface area contributed by atoms with Crippen molar-refractivity contribution < 1.29 is 26.1 Å². The fourth-order valence-electron chi connectivity index (χ4n) is 3.54. The molecule has 0 saturated carbocycles. The molecular weight excluding hydrogens is 455 g/mol. The van der Waals surface area contributed by atoms with E-state index in [1.54, 1.807) is 24.3 Å². The van der Waals surface area contributed by atoms with E-state index in [0.717, 1.165) is 22.5 Å². The first-order valence-electron chi connectivity index (χ1n) is 9.42. The fourth-order valence-corrected chi connectivity index (χ4v) is 5.41. The van der Waals surface area contributed by atoms with Crippen molar-refractivity contribution in [1.29, 1.82) is 0 Å². The van der Waals surface area contributed by atoms with Crippen LogP contribution in [0, 0.1) is 0 Å². The van der Waals surface area contributed by atoms with E-state index in [0.29, 0.717) is 29.3 Å². The van der Waals surface area contributed by atoms with Crippen LogP contribution < -0.4 is 0 Å². The molecule has 0 N–H and O–H groups in total. The van der Waals surface area contributed by atoms with Crippen molar-refractivity contribution in [2.24, 2.45) is 0 Å². The molecule has 1 unspecified atom stereocenters. The van der Waals surface area contributed by atoms with Gasteiger partial charge in [-0.05, 0) is 49.2 Å². The van der Waals surface area contributed by atoms with E-state index in [1.165, 1.54) is 6.07 Å². The van der Waals surface area contributed by atoms with Gasteiger partial charge in [-0.3, -0.25) is 0 Å². The first kappa shape index (κ1) is 21.8. The van der Waals surface area contributed by atoms with E-state index in [-0.39, 0.29) is 19.0 Å². The topological polar surface area (TPSA) is 76.3 Å². The molecule has 0 amide bonds. The molecule has 0 spiro atoms. The summed E-state index contributed by atoms with van der Waals surface area (Å²) in [6.45, 7) is 0.0694. The molecule has 0 aliphatic carbocycles. The van der Waals surface area contributed by atoms with E-state index in [9.17, 15) is 21.6 Å². The summed E-state index contributed by atoms with van der Waals surface area (Å²) in [5.41, 5.74) is -0.501. The highest BCUT2D eigenvalue weighted by atomic mass is 35.5. The first-order valence-corrected chi connectivity index (χ1v) is 11.2. The zero-order valence-corrected chi connectivity index (χ0v) is 17.6. The Bertz CT molecular complexity index is 1180. The van der Waals surface area contributed by atoms with Crippen LogP contribution in [0.3, 0.4) is 0 Å². The Morgan fingerprint density at radius 3 is 2.52 bits per heavy atom. The third-order valence-electron chi connectivity index (χ3n) is 5.09. The Balaban J connectivity index is 1.59. The molecule has 1 aliphatic rings. The lowest BCUT2D eigenvalue weighted by molar-refractivity contribution is -0.139. The van der Waals surface area contributed by atoms with E-state index in [2.05, 4.69) is 10.1 Å². The first-order chi connectivity index (χ1) is 14.7. The molecule has 2 heterocycles. The summed E-state index contributed by atoms with van der Waals surface area (Å²) >= 11 is 5.88. The molecule has 0 radical (unpaired) electrons. The van der Waals surface area contributed by atoms with Crippen molar-refractivity contribution in [2.75, 3.05) is 13.1 Å². The summed E-state index contributed by atoms with van der Waals surface area (Å²) < 4.78 is 72.5. The van der Waals surface area contributed by atoms with E-state index < -0.39 is 32.6 Å². The van der Waals surface area contributed by atoms with Crippen LogP contribution in [0.2, 0.25) is 5.02 Å². The van der Waals surface area contributed by atoms with Crippen molar-refractivity contribution >= 4 is 21.6 Å². The third kappa shape index (κ3) is 4.46. The highest BCUT2D eigenvalue weighted by Gasteiger charge is 2.40. The second kappa shape index (κ2) is 8.25. The standard InChI is InChI=1S/C20H17ClF3N3O3S/c21-15-9-7-13(8-10-15)18-25-19(30-26-18)14-4-3-11-27(12-14)31(28,29)17-6-2-1-5-16(17)20(22,23)24/h1-2,5-10,14H,3-4,11-12H2. The van der Waals surface area contributed by atoms with Crippen LogP contribution in [0.15, 0.2) is 57.9 Å². The third-order valence-corrected chi connectivity index (χ3v) is 7.26. The van der Waals surface area contributed by atoms with Crippen molar-refractivity contribution in [3.63, 3.8) is 0 Å². The molecule has 11 heteroatoms. The number of hydrogen-bond donors (Lipinski definition) is 0. The minimum absolute atomic E-state index is 0.0449. The molecule has 4 rings (SSSR count). The van der Waals surface area contributed by atoms with Gasteiger partial charge in [-0.1, -0.05) is 28.9 Å². The molecule has 6 nitrogen and oxygen atoms in total. The van der Waals surface area contributed by atoms with Gasteiger partial charge >= 0.3 is 6.18 Å². The highest BCUT2D eigenvalue weighted by Crippen LogP contribution is 2.37. The zero-order chi connectivity index (χ0) is 22.2. The number of hydrogen-bond acceptors (Lipinski definition) is 5. The average molecular weight is 472 g/mol. The van der Waals surface area contributed by atoms with Crippen LogP contribution >= 0.6 is 11.6 Å². The summed E-state index contributed by atoms with van der Waals surface area (Å²) in [4.78, 5) is 3.60. The van der Waals surface area contributed by atoms with E-state index in [1.807, 2.05) is 0 Å². The molecule has 1 atom stereocenters. The SMILES string of the molecule is O=S(=O)(c1ccccc1C(F)(F)F)N1CCCC(c2nc(-c3ccc(Cl)cc3)no2)C1. The number of piperidine rings is 1. The minimum atomic E-state index is -4.78. The van der Waals surface area contributed by atoms with Gasteiger partial charge in [0.1, 0.15) is 0 Å². The van der Waals surface area contributed by atoms with Crippen LogP contribution in [-0.4, -0.2) is 36.0 Å². The van der Waals surface area contributed by atoms with Gasteiger partial charge in [0, 0.05) is 23.7 Å². The number of aromatic nitrogens is 2. The lowest BCUT2D eigenvalue weighted by atomic mass is 10.00. The quantitative estimate of drug-likeness (QED) is 0.536. The largest absolute Gasteiger partial charge is 0.417 e. The van der Waals surface area contributed by atoms with Crippen LogP contribution in [0.1, 0.15) is 30.2 Å². The van der Waals surface area contributed by atoms with Gasteiger partial charge in [0.15, 0.2) is 0 Å². The zero-order valence-electron chi connectivity index (χ0n) is 16.0. The van der Waals surface area contributed by atoms with Crippen molar-refractivity contribution in [3.05, 3.63) is 65.0 Å². The summed E-state index contributed by atoms with van der Waals surface area (Å²) in [6, 6.07) is 11.0. The molecule has 1 aliphatic heterocycles. The molecular formula is C20H17ClF3N3O3S. The summed E-state index contributed by atoms with van der Waals surface area (Å²) in [5.74, 6) is 0.151. The lowest BCUT2D eigenvalue weighted by Crippen LogP contribution is -2.39. The molecule has 31 heavy (non-hydrogen) atoms. The molecule has 1 saturated heterocycles. The van der Waals surface area contributed by atoms with Crippen molar-refractivity contribution in [1.82, 2.24) is 14.4 Å². The lowest BCUT2D eigenvalue weighted by Gasteiger charge is -2.30. The second-order valence-electron chi connectivity index (χ2n) is 7.16. The Morgan fingerprint density at radius 2 is 1.81 bits per heavy atom. The molecule has 3 aromatic rings. The Kier molecular flexibility index (Phi) is 5.80. The van der Waals surface area contributed by atoms with Crippen LogP contribution in [0.4, 0.5) is 13.2 Å². The van der Waals surface area contributed by atoms with Gasteiger partial charge in [-0.2, -0.15) is 22.5 Å². The van der Waals surface area contributed by atoms with Gasteiger partial charge in [0.25, 0.3) is 0 Å². The maximum atomic E-state index is 13.4. The summed E-state index contributed by atoms with van der Waals surface area (Å²) in [6.07, 6.45) is -3.75. The van der Waals surface area contributed by atoms with Gasteiger partial charge in [-0.15, -0.1) is 0 Å². The molecule has 164 valence electrons. The number of rotatable bonds is 4. The van der Waals surface area contributed by atoms with Crippen molar-refractivity contribution in [2.45, 2.75) is 29.8 Å². The highest BCUT2D eigenvalue weighted by molar-refractivity contribution is 7.89. The Morgan fingerprint density at radius 1 is 1.10 bits per heavy atom. The monoisotopic (exact) mass is 471 g/mol. The maximum Gasteiger partial charge on any atom is 0.417 e.